The van der Waals surface area contributed by atoms with Crippen LogP contribution in [0.3, 0.4) is 0 Å². The molecule has 62 heavy (non-hydrogen) atoms. The predicted octanol–water partition coefficient (Wildman–Crippen LogP) is 18.1. The van der Waals surface area contributed by atoms with Gasteiger partial charge in [-0.15, -0.1) is 0 Å². The molecular weight excluding hydrogens is 769 g/mol. The fourth-order valence-electron chi connectivity index (χ4n) is 8.52. The number of rotatable bonds is 50. The van der Waals surface area contributed by atoms with Crippen LogP contribution in [0.1, 0.15) is 311 Å². The van der Waals surface area contributed by atoms with Crippen LogP contribution in [0.5, 0.6) is 0 Å². The average molecular weight is 877 g/mol. The van der Waals surface area contributed by atoms with Crippen molar-refractivity contribution in [2.75, 3.05) is 13.2 Å². The molecule has 0 radical (unpaired) electrons. The van der Waals surface area contributed by atoms with Gasteiger partial charge in [0.25, 0.3) is 0 Å². The number of hydrogen-bond acceptors (Lipinski definition) is 6. The van der Waals surface area contributed by atoms with Crippen molar-refractivity contribution in [3.8, 4) is 0 Å². The van der Waals surface area contributed by atoms with Crippen molar-refractivity contribution in [2.45, 2.75) is 317 Å². The minimum Gasteiger partial charge on any atom is -0.462 e. The lowest BCUT2D eigenvalue weighted by molar-refractivity contribution is -0.167. The zero-order chi connectivity index (χ0) is 45.4. The first-order chi connectivity index (χ1) is 30.2. The number of unbranched alkanes of at least 4 members (excludes halogenated alkanes) is 35. The van der Waals surface area contributed by atoms with E-state index in [-0.39, 0.29) is 31.1 Å². The summed E-state index contributed by atoms with van der Waals surface area (Å²) in [5, 5.41) is 0. The molecular formula is C56H108O6. The highest BCUT2D eigenvalue weighted by Crippen LogP contribution is 2.18. The lowest BCUT2D eigenvalue weighted by Crippen LogP contribution is -2.30. The summed E-state index contributed by atoms with van der Waals surface area (Å²) in [5.74, 6) is 0.831. The molecule has 0 heterocycles. The van der Waals surface area contributed by atoms with Crippen LogP contribution in [0.2, 0.25) is 0 Å². The molecule has 0 rings (SSSR count). The van der Waals surface area contributed by atoms with Crippen LogP contribution in [0.25, 0.3) is 0 Å². The largest absolute Gasteiger partial charge is 0.462 e. The van der Waals surface area contributed by atoms with E-state index in [0.29, 0.717) is 19.3 Å². The predicted molar refractivity (Wildman–Crippen MR) is 266 cm³/mol. The molecule has 0 saturated heterocycles. The van der Waals surface area contributed by atoms with E-state index >= 15 is 0 Å². The molecule has 0 spiro atoms. The minimum atomic E-state index is -0.762. The number of carbonyl (C=O) groups is 3. The maximum atomic E-state index is 12.8. The van der Waals surface area contributed by atoms with Gasteiger partial charge in [0.05, 0.1) is 0 Å². The van der Waals surface area contributed by atoms with Gasteiger partial charge in [0.2, 0.25) is 0 Å². The third-order valence-corrected chi connectivity index (χ3v) is 12.7. The molecule has 6 nitrogen and oxygen atoms in total. The lowest BCUT2D eigenvalue weighted by atomic mass is 10.0. The molecule has 0 bridgehead atoms. The van der Waals surface area contributed by atoms with Crippen molar-refractivity contribution in [3.63, 3.8) is 0 Å². The van der Waals surface area contributed by atoms with E-state index in [4.69, 9.17) is 14.2 Å². The molecule has 0 fully saturated rings. The van der Waals surface area contributed by atoms with Gasteiger partial charge in [-0.1, -0.05) is 272 Å². The molecule has 0 aromatic carbocycles. The zero-order valence-corrected chi connectivity index (χ0v) is 42.5. The molecule has 0 aromatic rings. The van der Waals surface area contributed by atoms with E-state index in [1.54, 1.807) is 0 Å². The Hall–Kier alpha value is -1.59. The van der Waals surface area contributed by atoms with Crippen LogP contribution >= 0.6 is 0 Å². The molecule has 0 unspecified atom stereocenters. The highest BCUT2D eigenvalue weighted by Gasteiger charge is 2.19. The molecule has 0 amide bonds. The maximum absolute atomic E-state index is 12.8. The fourth-order valence-corrected chi connectivity index (χ4v) is 8.52. The Morgan fingerprint density at radius 2 is 0.532 bits per heavy atom. The molecule has 0 aliphatic heterocycles. The van der Waals surface area contributed by atoms with E-state index < -0.39 is 6.10 Å². The molecule has 0 saturated carbocycles. The monoisotopic (exact) mass is 877 g/mol. The molecule has 0 aliphatic carbocycles. The van der Waals surface area contributed by atoms with Crippen molar-refractivity contribution in [2.24, 2.45) is 11.8 Å². The van der Waals surface area contributed by atoms with Crippen molar-refractivity contribution in [3.05, 3.63) is 0 Å². The van der Waals surface area contributed by atoms with Crippen LogP contribution in [0.15, 0.2) is 0 Å². The highest BCUT2D eigenvalue weighted by atomic mass is 16.6. The van der Waals surface area contributed by atoms with Crippen LogP contribution < -0.4 is 0 Å². The summed E-state index contributed by atoms with van der Waals surface area (Å²) in [5.41, 5.74) is 0. The average Bonchev–Trinajstić information content (AvgIpc) is 3.24. The lowest BCUT2D eigenvalue weighted by Gasteiger charge is -2.18. The maximum Gasteiger partial charge on any atom is 0.306 e. The third-order valence-electron chi connectivity index (χ3n) is 12.7. The second-order valence-electron chi connectivity index (χ2n) is 20.2. The number of hydrogen-bond donors (Lipinski definition) is 0. The fraction of sp³-hybridized carbons (Fsp3) is 0.946. The van der Waals surface area contributed by atoms with Crippen molar-refractivity contribution in [1.29, 1.82) is 0 Å². The Morgan fingerprint density at radius 3 is 0.790 bits per heavy atom. The van der Waals surface area contributed by atoms with E-state index in [1.807, 2.05) is 0 Å². The van der Waals surface area contributed by atoms with Crippen LogP contribution in [-0.2, 0) is 28.6 Å². The summed E-state index contributed by atoms with van der Waals surface area (Å²) < 4.78 is 16.9. The molecule has 368 valence electrons. The number of esters is 3. The van der Waals surface area contributed by atoms with Gasteiger partial charge < -0.3 is 14.2 Å². The topological polar surface area (TPSA) is 78.9 Å². The molecule has 1 atom stereocenters. The quantitative estimate of drug-likeness (QED) is 0.0344. The Labute approximate surface area is 387 Å². The SMILES string of the molecule is CCCCCCCCCCCCCCC(=O)OC[C@@H](COC(=O)CCCCCCCCCCCCCCCCCC(C)C)OC(=O)CCCCCCCCCCCCCC(C)C. The normalized spacial score (nSPS) is 12.0. The van der Waals surface area contributed by atoms with Gasteiger partial charge in [0, 0.05) is 19.3 Å². The van der Waals surface area contributed by atoms with Gasteiger partial charge in [-0.3, -0.25) is 14.4 Å². The van der Waals surface area contributed by atoms with Crippen LogP contribution in [0, 0.1) is 11.8 Å². The van der Waals surface area contributed by atoms with Crippen molar-refractivity contribution >= 4 is 17.9 Å². The van der Waals surface area contributed by atoms with Gasteiger partial charge in [-0.2, -0.15) is 0 Å². The third kappa shape index (κ3) is 49.4. The standard InChI is InChI=1S/C56H108O6/c1-6-7-8-9-10-11-12-21-26-31-36-41-46-54(57)60-49-53(62-56(59)48-43-38-33-28-23-18-20-25-30-35-40-45-52(4)5)50-61-55(58)47-42-37-32-27-22-17-15-13-14-16-19-24-29-34-39-44-51(2)3/h51-53H,6-50H2,1-5H3/t53-/m0/s1. The molecule has 0 aromatic heterocycles. The Morgan fingerprint density at radius 1 is 0.306 bits per heavy atom. The highest BCUT2D eigenvalue weighted by molar-refractivity contribution is 5.71. The smallest absolute Gasteiger partial charge is 0.306 e. The Kier molecular flexibility index (Phi) is 47.6. The van der Waals surface area contributed by atoms with E-state index in [2.05, 4.69) is 34.6 Å². The summed E-state index contributed by atoms with van der Waals surface area (Å²) in [6.07, 6.45) is 50.9. The van der Waals surface area contributed by atoms with Gasteiger partial charge in [-0.25, -0.2) is 0 Å². The molecule has 0 N–H and O–H groups in total. The minimum absolute atomic E-state index is 0.0630. The molecule has 6 heteroatoms. The van der Waals surface area contributed by atoms with E-state index in [0.717, 1.165) is 69.6 Å². The van der Waals surface area contributed by atoms with Gasteiger partial charge in [0.15, 0.2) is 6.10 Å². The summed E-state index contributed by atoms with van der Waals surface area (Å²) in [6.45, 7) is 11.4. The zero-order valence-electron chi connectivity index (χ0n) is 42.5. The van der Waals surface area contributed by atoms with Crippen molar-refractivity contribution in [1.82, 2.24) is 0 Å². The second kappa shape index (κ2) is 48.9. The summed E-state index contributed by atoms with van der Waals surface area (Å²) in [6, 6.07) is 0. The summed E-state index contributed by atoms with van der Waals surface area (Å²) in [7, 11) is 0. The summed E-state index contributed by atoms with van der Waals surface area (Å²) in [4.78, 5) is 38.0. The van der Waals surface area contributed by atoms with Crippen LogP contribution in [0.4, 0.5) is 0 Å². The second-order valence-corrected chi connectivity index (χ2v) is 20.2. The van der Waals surface area contributed by atoms with Gasteiger partial charge in [-0.05, 0) is 31.1 Å². The first-order valence-electron chi connectivity index (χ1n) is 27.7. The van der Waals surface area contributed by atoms with Crippen molar-refractivity contribution < 1.29 is 28.6 Å². The van der Waals surface area contributed by atoms with Gasteiger partial charge in [0.1, 0.15) is 13.2 Å². The first-order valence-corrected chi connectivity index (χ1v) is 27.7. The van der Waals surface area contributed by atoms with E-state index in [9.17, 15) is 14.4 Å². The van der Waals surface area contributed by atoms with E-state index in [1.165, 1.54) is 199 Å². The Balaban J connectivity index is 4.28. The first kappa shape index (κ1) is 60.4. The Bertz CT molecular complexity index is 947. The van der Waals surface area contributed by atoms with Crippen LogP contribution in [-0.4, -0.2) is 37.2 Å². The molecule has 0 aliphatic rings. The number of carbonyl (C=O) groups excluding carboxylic acids is 3. The summed E-state index contributed by atoms with van der Waals surface area (Å²) >= 11 is 0. The number of ether oxygens (including phenoxy) is 3. The van der Waals surface area contributed by atoms with Gasteiger partial charge >= 0.3 is 17.9 Å².